The molecule has 0 bridgehead atoms. The number of aromatic nitrogens is 2. The van der Waals surface area contributed by atoms with Crippen LogP contribution < -0.4 is 9.64 Å². The zero-order chi connectivity index (χ0) is 22.7. The second kappa shape index (κ2) is 9.40. The van der Waals surface area contributed by atoms with Crippen LogP contribution in [0, 0.1) is 11.6 Å². The van der Waals surface area contributed by atoms with Gasteiger partial charge >= 0.3 is 0 Å². The van der Waals surface area contributed by atoms with Crippen LogP contribution in [0.1, 0.15) is 5.69 Å². The Morgan fingerprint density at radius 1 is 0.969 bits per heavy atom. The summed E-state index contributed by atoms with van der Waals surface area (Å²) in [7, 11) is 3.46. The minimum atomic E-state index is -0.378. The van der Waals surface area contributed by atoms with E-state index in [1.54, 1.807) is 18.2 Å². The molecule has 1 aromatic heterocycles. The van der Waals surface area contributed by atoms with Crippen molar-refractivity contribution in [2.24, 2.45) is 0 Å². The van der Waals surface area contributed by atoms with Crippen molar-refractivity contribution in [2.75, 3.05) is 25.6 Å². The van der Waals surface area contributed by atoms with Crippen molar-refractivity contribution in [3.63, 3.8) is 0 Å². The molecule has 0 fully saturated rings. The second-order valence-corrected chi connectivity index (χ2v) is 7.83. The molecule has 164 valence electrons. The number of likely N-dealkylation sites (N-methyl/N-ethyl adjacent to an activating group) is 1. The Hall–Kier alpha value is -3.38. The molecule has 0 saturated heterocycles. The van der Waals surface area contributed by atoms with Gasteiger partial charge < -0.3 is 9.64 Å². The number of benzene rings is 3. The van der Waals surface area contributed by atoms with Crippen molar-refractivity contribution in [1.82, 2.24) is 9.55 Å². The topological polar surface area (TPSA) is 30.3 Å². The Labute approximate surface area is 190 Å². The maximum Gasteiger partial charge on any atom is 0.148 e. The fourth-order valence-electron chi connectivity index (χ4n) is 3.49. The summed E-state index contributed by atoms with van der Waals surface area (Å²) in [6.07, 6.45) is 2.62. The van der Waals surface area contributed by atoms with Crippen molar-refractivity contribution in [3.05, 3.63) is 95.3 Å². The van der Waals surface area contributed by atoms with E-state index in [-0.39, 0.29) is 11.6 Å². The average molecular weight is 454 g/mol. The molecule has 32 heavy (non-hydrogen) atoms. The first-order chi connectivity index (χ1) is 15.4. The van der Waals surface area contributed by atoms with Gasteiger partial charge in [0.1, 0.15) is 23.2 Å². The molecule has 0 N–H and O–H groups in total. The highest BCUT2D eigenvalue weighted by Gasteiger charge is 2.17. The SMILES string of the molecule is COc1cc(F)ccc1-c1nc(CCN(C)c2ccc(F)cc2)cn1-c1ccc(Cl)cc1. The number of rotatable bonds is 7. The Morgan fingerprint density at radius 3 is 2.34 bits per heavy atom. The summed E-state index contributed by atoms with van der Waals surface area (Å²) in [4.78, 5) is 6.88. The van der Waals surface area contributed by atoms with Crippen LogP contribution in [-0.2, 0) is 6.42 Å². The van der Waals surface area contributed by atoms with Gasteiger partial charge in [0.15, 0.2) is 0 Å². The fraction of sp³-hybridized carbons (Fsp3) is 0.160. The van der Waals surface area contributed by atoms with E-state index in [4.69, 9.17) is 21.3 Å². The van der Waals surface area contributed by atoms with Crippen molar-refractivity contribution >= 4 is 17.3 Å². The van der Waals surface area contributed by atoms with Crippen LogP contribution in [0.2, 0.25) is 5.02 Å². The molecule has 4 nitrogen and oxygen atoms in total. The third-order valence-electron chi connectivity index (χ3n) is 5.24. The Morgan fingerprint density at radius 2 is 1.66 bits per heavy atom. The molecular weight excluding hydrogens is 432 g/mol. The van der Waals surface area contributed by atoms with Crippen molar-refractivity contribution in [2.45, 2.75) is 6.42 Å². The Bertz CT molecular complexity index is 1210. The predicted molar refractivity (Wildman–Crippen MR) is 124 cm³/mol. The maximum absolute atomic E-state index is 13.8. The maximum atomic E-state index is 13.8. The smallest absolute Gasteiger partial charge is 0.148 e. The van der Waals surface area contributed by atoms with Gasteiger partial charge in [0.05, 0.1) is 18.4 Å². The molecule has 0 radical (unpaired) electrons. The molecule has 0 aliphatic carbocycles. The van der Waals surface area contributed by atoms with Crippen LogP contribution in [0.25, 0.3) is 17.1 Å². The first-order valence-electron chi connectivity index (χ1n) is 10.1. The first kappa shape index (κ1) is 21.8. The normalized spacial score (nSPS) is 10.9. The summed E-state index contributed by atoms with van der Waals surface area (Å²) >= 11 is 6.06. The van der Waals surface area contributed by atoms with Crippen LogP contribution in [0.3, 0.4) is 0 Å². The van der Waals surface area contributed by atoms with Crippen LogP contribution in [-0.4, -0.2) is 30.3 Å². The molecule has 0 atom stereocenters. The van der Waals surface area contributed by atoms with Gasteiger partial charge in [-0.1, -0.05) is 11.6 Å². The van der Waals surface area contributed by atoms with E-state index >= 15 is 0 Å². The molecule has 0 saturated carbocycles. The van der Waals surface area contributed by atoms with Crippen LogP contribution >= 0.6 is 11.6 Å². The number of halogens is 3. The van der Waals surface area contributed by atoms with Crippen LogP contribution in [0.15, 0.2) is 72.9 Å². The molecule has 0 amide bonds. The lowest BCUT2D eigenvalue weighted by Gasteiger charge is -2.18. The van der Waals surface area contributed by atoms with E-state index in [9.17, 15) is 8.78 Å². The number of hydrogen-bond donors (Lipinski definition) is 0. The van der Waals surface area contributed by atoms with Gasteiger partial charge in [0, 0.05) is 48.7 Å². The largest absolute Gasteiger partial charge is 0.496 e. The van der Waals surface area contributed by atoms with Gasteiger partial charge in [-0.25, -0.2) is 13.8 Å². The van der Waals surface area contributed by atoms with Crippen molar-refractivity contribution < 1.29 is 13.5 Å². The standard InChI is InChI=1S/C25H22ClF2N3O/c1-30(21-10-5-18(27)6-11-21)14-13-20-16-31(22-8-3-17(26)4-9-22)25(29-20)23-12-7-19(28)15-24(23)32-2/h3-12,15-16H,13-14H2,1-2H3. The molecule has 1 heterocycles. The highest BCUT2D eigenvalue weighted by atomic mass is 35.5. The molecule has 0 aliphatic heterocycles. The quantitative estimate of drug-likeness (QED) is 0.336. The Kier molecular flexibility index (Phi) is 6.42. The van der Waals surface area contributed by atoms with Gasteiger partial charge in [-0.3, -0.25) is 4.57 Å². The van der Waals surface area contributed by atoms with E-state index in [0.29, 0.717) is 35.1 Å². The third-order valence-corrected chi connectivity index (χ3v) is 5.49. The summed E-state index contributed by atoms with van der Waals surface area (Å²) in [5.41, 5.74) is 3.34. The number of anilines is 1. The fourth-order valence-corrected chi connectivity index (χ4v) is 3.62. The zero-order valence-electron chi connectivity index (χ0n) is 17.7. The van der Waals surface area contributed by atoms with Crippen LogP contribution in [0.4, 0.5) is 14.5 Å². The summed E-state index contributed by atoms with van der Waals surface area (Å²) in [6.45, 7) is 0.684. The van der Waals surface area contributed by atoms with Gasteiger partial charge in [0.25, 0.3) is 0 Å². The lowest BCUT2D eigenvalue weighted by molar-refractivity contribution is 0.412. The van der Waals surface area contributed by atoms with Crippen molar-refractivity contribution in [1.29, 1.82) is 0 Å². The van der Waals surface area contributed by atoms with Gasteiger partial charge in [-0.2, -0.15) is 0 Å². The Balaban J connectivity index is 1.68. The van der Waals surface area contributed by atoms with E-state index in [0.717, 1.165) is 17.1 Å². The molecule has 0 spiro atoms. The third kappa shape index (κ3) is 4.75. The minimum Gasteiger partial charge on any atom is -0.496 e. The summed E-state index contributed by atoms with van der Waals surface area (Å²) in [5, 5.41) is 0.635. The molecule has 4 aromatic rings. The second-order valence-electron chi connectivity index (χ2n) is 7.39. The van der Waals surface area contributed by atoms with E-state index in [1.165, 1.54) is 31.4 Å². The number of methoxy groups -OCH3 is 1. The lowest BCUT2D eigenvalue weighted by atomic mass is 10.1. The van der Waals surface area contributed by atoms with Gasteiger partial charge in [-0.05, 0) is 60.7 Å². The molecule has 0 aliphatic rings. The number of nitrogens with zero attached hydrogens (tertiary/aromatic N) is 3. The molecule has 4 rings (SSSR count). The zero-order valence-corrected chi connectivity index (χ0v) is 18.5. The molecule has 0 unspecified atom stereocenters. The van der Waals surface area contributed by atoms with E-state index in [1.807, 2.05) is 47.0 Å². The number of hydrogen-bond acceptors (Lipinski definition) is 3. The number of imidazole rings is 1. The first-order valence-corrected chi connectivity index (χ1v) is 10.5. The van der Waals surface area contributed by atoms with Crippen LogP contribution in [0.5, 0.6) is 5.75 Å². The lowest BCUT2D eigenvalue weighted by Crippen LogP contribution is -2.20. The van der Waals surface area contributed by atoms with Crippen molar-refractivity contribution in [3.8, 4) is 22.8 Å². The number of ether oxygens (including phenoxy) is 1. The summed E-state index contributed by atoms with van der Waals surface area (Å²) in [6, 6.07) is 18.2. The van der Waals surface area contributed by atoms with Gasteiger partial charge in [0.2, 0.25) is 0 Å². The highest BCUT2D eigenvalue weighted by Crippen LogP contribution is 2.32. The van der Waals surface area contributed by atoms with E-state index < -0.39 is 0 Å². The predicted octanol–water partition coefficient (Wildman–Crippen LogP) is 6.16. The summed E-state index contributed by atoms with van der Waals surface area (Å²) in [5.74, 6) is 0.405. The highest BCUT2D eigenvalue weighted by molar-refractivity contribution is 6.30. The van der Waals surface area contributed by atoms with E-state index in [2.05, 4.69) is 0 Å². The molecular formula is C25H22ClF2N3O. The molecule has 7 heteroatoms. The molecule has 3 aromatic carbocycles. The van der Waals surface area contributed by atoms with Gasteiger partial charge in [-0.15, -0.1) is 0 Å². The monoisotopic (exact) mass is 453 g/mol. The average Bonchev–Trinajstić information content (AvgIpc) is 3.22. The summed E-state index contributed by atoms with van der Waals surface area (Å²) < 4.78 is 34.3. The minimum absolute atomic E-state index is 0.262.